The van der Waals surface area contributed by atoms with Gasteiger partial charge in [0.05, 0.1) is 12.5 Å². The van der Waals surface area contributed by atoms with Gasteiger partial charge in [0.1, 0.15) is 0 Å². The second kappa shape index (κ2) is 14.8. The predicted octanol–water partition coefficient (Wildman–Crippen LogP) is 7.52. The lowest BCUT2D eigenvalue weighted by Crippen LogP contribution is -2.16. The van der Waals surface area contributed by atoms with Gasteiger partial charge in [-0.2, -0.15) is 0 Å². The molecule has 0 aliphatic carbocycles. The molecule has 1 unspecified atom stereocenters. The van der Waals surface area contributed by atoms with Gasteiger partial charge in [-0.3, -0.25) is 4.79 Å². The second-order valence-corrected chi connectivity index (χ2v) is 9.13. The average molecular weight is 439 g/mol. The van der Waals surface area contributed by atoms with Crippen LogP contribution in [0.2, 0.25) is 0 Å². The minimum absolute atomic E-state index is 0.167. The topological polar surface area (TPSA) is 52.1 Å². The zero-order valence-electron chi connectivity index (χ0n) is 20.6. The first-order chi connectivity index (χ1) is 15.5. The molecule has 32 heavy (non-hydrogen) atoms. The molecular weight excluding hydrogens is 396 g/mol. The van der Waals surface area contributed by atoms with E-state index in [1.807, 2.05) is 43.6 Å². The molecule has 0 saturated heterocycles. The lowest BCUT2D eigenvalue weighted by Gasteiger charge is -2.14. The van der Waals surface area contributed by atoms with Gasteiger partial charge >= 0.3 is 5.97 Å². The first-order valence-corrected chi connectivity index (χ1v) is 12.6. The highest BCUT2D eigenvalue weighted by atomic mass is 16.5. The molecule has 0 aliphatic rings. The maximum Gasteiger partial charge on any atom is 0.313 e. The van der Waals surface area contributed by atoms with E-state index in [0.717, 1.165) is 29.8 Å². The van der Waals surface area contributed by atoms with E-state index >= 15 is 0 Å². The zero-order chi connectivity index (χ0) is 23.2. The fraction of sp³-hybridized carbons (Fsp3) is 0.607. The largest absolute Gasteiger partial charge is 0.465 e. The van der Waals surface area contributed by atoms with Crippen molar-refractivity contribution in [3.8, 4) is 11.4 Å². The number of carbonyl (C=O) groups is 1. The summed E-state index contributed by atoms with van der Waals surface area (Å²) in [4.78, 5) is 21.4. The van der Waals surface area contributed by atoms with Crippen LogP contribution in [-0.2, 0) is 16.0 Å². The summed E-state index contributed by atoms with van der Waals surface area (Å²) in [5.74, 6) is 0.676. The van der Waals surface area contributed by atoms with E-state index in [2.05, 4.69) is 30.7 Å². The smallest absolute Gasteiger partial charge is 0.313 e. The molecule has 0 fully saturated rings. The Balaban J connectivity index is 1.78. The van der Waals surface area contributed by atoms with E-state index < -0.39 is 0 Å². The van der Waals surface area contributed by atoms with E-state index in [1.165, 1.54) is 56.9 Å². The van der Waals surface area contributed by atoms with Crippen LogP contribution < -0.4 is 0 Å². The van der Waals surface area contributed by atoms with Crippen LogP contribution >= 0.6 is 0 Å². The summed E-state index contributed by atoms with van der Waals surface area (Å²) >= 11 is 0. The van der Waals surface area contributed by atoms with Crippen LogP contribution in [0.4, 0.5) is 0 Å². The van der Waals surface area contributed by atoms with Gasteiger partial charge in [0.2, 0.25) is 0 Å². The Labute approximate surface area is 195 Å². The van der Waals surface area contributed by atoms with Gasteiger partial charge in [-0.25, -0.2) is 9.97 Å². The number of nitrogens with zero attached hydrogens (tertiary/aromatic N) is 2. The molecule has 2 aromatic rings. The molecule has 0 bridgehead atoms. The Morgan fingerprint density at radius 2 is 1.47 bits per heavy atom. The minimum atomic E-state index is -0.275. The first kappa shape index (κ1) is 26.0. The van der Waals surface area contributed by atoms with Gasteiger partial charge in [0.15, 0.2) is 5.82 Å². The molecule has 0 amide bonds. The number of aromatic nitrogens is 2. The summed E-state index contributed by atoms with van der Waals surface area (Å²) in [7, 11) is 0. The van der Waals surface area contributed by atoms with Crippen molar-refractivity contribution in [3.63, 3.8) is 0 Å². The van der Waals surface area contributed by atoms with Gasteiger partial charge in [0, 0.05) is 18.0 Å². The molecule has 4 heteroatoms. The van der Waals surface area contributed by atoms with Gasteiger partial charge in [-0.05, 0) is 36.8 Å². The third-order valence-electron chi connectivity index (χ3n) is 6.25. The highest BCUT2D eigenvalue weighted by Crippen LogP contribution is 2.22. The van der Waals surface area contributed by atoms with E-state index in [4.69, 9.17) is 4.74 Å². The van der Waals surface area contributed by atoms with E-state index in [0.29, 0.717) is 12.5 Å². The highest BCUT2D eigenvalue weighted by molar-refractivity contribution is 5.78. The van der Waals surface area contributed by atoms with Crippen LogP contribution in [0.5, 0.6) is 0 Å². The molecule has 1 aromatic heterocycles. The summed E-state index contributed by atoms with van der Waals surface area (Å²) in [6.45, 7) is 8.83. The van der Waals surface area contributed by atoms with Gasteiger partial charge in [-0.15, -0.1) is 0 Å². The Morgan fingerprint density at radius 3 is 2.06 bits per heavy atom. The maximum atomic E-state index is 12.3. The molecular formula is C28H42N2O2. The lowest BCUT2D eigenvalue weighted by molar-refractivity contribution is -0.146. The van der Waals surface area contributed by atoms with Crippen LogP contribution in [0.15, 0.2) is 36.7 Å². The van der Waals surface area contributed by atoms with Crippen molar-refractivity contribution >= 4 is 5.97 Å². The van der Waals surface area contributed by atoms with Crippen LogP contribution in [0.1, 0.15) is 103 Å². The van der Waals surface area contributed by atoms with Crippen LogP contribution in [-0.4, -0.2) is 22.5 Å². The Bertz CT molecular complexity index is 771. The highest BCUT2D eigenvalue weighted by Gasteiger charge is 2.17. The van der Waals surface area contributed by atoms with Crippen molar-refractivity contribution in [2.75, 3.05) is 6.61 Å². The molecule has 4 nitrogen and oxygen atoms in total. The van der Waals surface area contributed by atoms with Gasteiger partial charge in [-0.1, -0.05) is 96.4 Å². The predicted molar refractivity (Wildman–Crippen MR) is 133 cm³/mol. The SMILES string of the molecule is CCCCCCCCCCc1cnc(-c2ccc([C@@H](C)C(=O)OCC(C)CC)cc2)nc1. The molecule has 0 N–H and O–H groups in total. The van der Waals surface area contributed by atoms with Crippen LogP contribution in [0.3, 0.4) is 0 Å². The Hall–Kier alpha value is -2.23. The molecule has 0 spiro atoms. The Morgan fingerprint density at radius 1 is 0.875 bits per heavy atom. The normalized spacial score (nSPS) is 13.0. The summed E-state index contributed by atoms with van der Waals surface area (Å²) in [5.41, 5.74) is 3.12. The molecule has 1 heterocycles. The standard InChI is InChI=1S/C28H42N2O2/c1-5-7-8-9-10-11-12-13-14-24-19-29-27(30-20-24)26-17-15-25(16-18-26)23(4)28(31)32-21-22(3)6-2/h15-20,22-23H,5-14,21H2,1-4H3/t22?,23-/m1/s1. The summed E-state index contributed by atoms with van der Waals surface area (Å²) in [6, 6.07) is 7.92. The van der Waals surface area contributed by atoms with Gasteiger partial charge < -0.3 is 4.74 Å². The number of rotatable bonds is 15. The van der Waals surface area contributed by atoms with E-state index in [1.54, 1.807) is 0 Å². The quantitative estimate of drug-likeness (QED) is 0.213. The van der Waals surface area contributed by atoms with Crippen molar-refractivity contribution in [2.24, 2.45) is 5.92 Å². The molecule has 0 saturated carbocycles. The number of carbonyl (C=O) groups excluding carboxylic acids is 1. The minimum Gasteiger partial charge on any atom is -0.465 e. The number of hydrogen-bond acceptors (Lipinski definition) is 4. The summed E-state index contributed by atoms with van der Waals surface area (Å²) in [5, 5.41) is 0. The fourth-order valence-electron chi connectivity index (χ4n) is 3.62. The lowest BCUT2D eigenvalue weighted by atomic mass is 9.99. The molecule has 2 atom stereocenters. The van der Waals surface area contributed by atoms with Crippen molar-refractivity contribution in [1.29, 1.82) is 0 Å². The van der Waals surface area contributed by atoms with Crippen molar-refractivity contribution in [2.45, 2.75) is 97.8 Å². The van der Waals surface area contributed by atoms with Crippen molar-refractivity contribution in [3.05, 3.63) is 47.8 Å². The number of aryl methyl sites for hydroxylation is 1. The first-order valence-electron chi connectivity index (χ1n) is 12.6. The number of ether oxygens (including phenoxy) is 1. The van der Waals surface area contributed by atoms with Crippen LogP contribution in [0.25, 0.3) is 11.4 Å². The molecule has 2 rings (SSSR count). The third-order valence-corrected chi connectivity index (χ3v) is 6.25. The van der Waals surface area contributed by atoms with E-state index in [9.17, 15) is 4.79 Å². The number of hydrogen-bond donors (Lipinski definition) is 0. The number of benzene rings is 1. The van der Waals surface area contributed by atoms with Crippen LogP contribution in [0, 0.1) is 5.92 Å². The molecule has 1 aromatic carbocycles. The maximum absolute atomic E-state index is 12.3. The summed E-state index contributed by atoms with van der Waals surface area (Å²) < 4.78 is 5.44. The van der Waals surface area contributed by atoms with Crippen molar-refractivity contribution < 1.29 is 9.53 Å². The fourth-order valence-corrected chi connectivity index (χ4v) is 3.62. The zero-order valence-corrected chi connectivity index (χ0v) is 20.6. The molecule has 0 aliphatic heterocycles. The molecule has 176 valence electrons. The summed E-state index contributed by atoms with van der Waals surface area (Å²) in [6.07, 6.45) is 16.6. The van der Waals surface area contributed by atoms with E-state index in [-0.39, 0.29) is 11.9 Å². The monoisotopic (exact) mass is 438 g/mol. The molecule has 0 radical (unpaired) electrons. The van der Waals surface area contributed by atoms with Crippen molar-refractivity contribution in [1.82, 2.24) is 9.97 Å². The van der Waals surface area contributed by atoms with Gasteiger partial charge in [0.25, 0.3) is 0 Å². The number of unbranched alkanes of at least 4 members (excludes halogenated alkanes) is 7. The third kappa shape index (κ3) is 9.10. The average Bonchev–Trinajstić information content (AvgIpc) is 2.84. The number of esters is 1. The second-order valence-electron chi connectivity index (χ2n) is 9.13. The Kier molecular flexibility index (Phi) is 12.0.